The molecular formula is C30H38N8O3. The zero-order valence-corrected chi connectivity index (χ0v) is 23.5. The molecule has 6 rings (SSSR count). The van der Waals surface area contributed by atoms with Crippen LogP contribution in [0.25, 0.3) is 10.9 Å². The molecule has 0 saturated carbocycles. The Balaban J connectivity index is 1.11. The molecule has 2 saturated heterocycles. The Morgan fingerprint density at radius 1 is 1.02 bits per heavy atom. The quantitative estimate of drug-likeness (QED) is 0.430. The van der Waals surface area contributed by atoms with Gasteiger partial charge in [0.25, 0.3) is 0 Å². The first-order valence-electron chi connectivity index (χ1n) is 14.6. The lowest BCUT2D eigenvalue weighted by molar-refractivity contribution is -0.135. The first kappa shape index (κ1) is 27.1. The number of anilines is 1. The highest BCUT2D eigenvalue weighted by Gasteiger charge is 2.34. The van der Waals surface area contributed by atoms with E-state index in [4.69, 9.17) is 0 Å². The van der Waals surface area contributed by atoms with Crippen LogP contribution < -0.4 is 10.6 Å². The number of likely N-dealkylation sites (N-methyl/N-ethyl adjacent to an activating group) is 1. The van der Waals surface area contributed by atoms with Crippen molar-refractivity contribution in [3.63, 3.8) is 0 Å². The van der Waals surface area contributed by atoms with Crippen molar-refractivity contribution < 1.29 is 14.4 Å². The number of H-pyrrole nitrogens is 1. The van der Waals surface area contributed by atoms with Gasteiger partial charge in [0.05, 0.1) is 11.7 Å². The van der Waals surface area contributed by atoms with Crippen LogP contribution in [0.5, 0.6) is 0 Å². The van der Waals surface area contributed by atoms with Crippen molar-refractivity contribution in [3.05, 3.63) is 59.8 Å². The van der Waals surface area contributed by atoms with Crippen LogP contribution in [0.4, 0.5) is 15.3 Å². The molecule has 1 aromatic heterocycles. The number of likely N-dealkylation sites (tertiary alicyclic amines) is 1. The van der Waals surface area contributed by atoms with Crippen LogP contribution in [0, 0.1) is 0 Å². The van der Waals surface area contributed by atoms with Crippen molar-refractivity contribution in [2.75, 3.05) is 51.1 Å². The molecule has 3 aliphatic rings. The normalized spacial score (nSPS) is 19.1. The van der Waals surface area contributed by atoms with Gasteiger partial charge < -0.3 is 30.2 Å². The van der Waals surface area contributed by atoms with E-state index in [1.54, 1.807) is 11.1 Å². The van der Waals surface area contributed by atoms with Crippen molar-refractivity contribution in [1.82, 2.24) is 35.1 Å². The molecule has 216 valence electrons. The molecule has 0 spiro atoms. The average Bonchev–Trinajstić information content (AvgIpc) is 3.48. The van der Waals surface area contributed by atoms with Crippen LogP contribution in [0.15, 0.2) is 48.7 Å². The van der Waals surface area contributed by atoms with E-state index in [9.17, 15) is 14.4 Å². The highest BCUT2D eigenvalue weighted by atomic mass is 16.2. The molecule has 41 heavy (non-hydrogen) atoms. The summed E-state index contributed by atoms with van der Waals surface area (Å²) in [4.78, 5) is 47.9. The number of carbonyl (C=O) groups is 3. The van der Waals surface area contributed by atoms with Crippen LogP contribution >= 0.6 is 0 Å². The summed E-state index contributed by atoms with van der Waals surface area (Å²) in [5.41, 5.74) is 3.87. The second-order valence-corrected chi connectivity index (χ2v) is 11.2. The van der Waals surface area contributed by atoms with E-state index in [0.717, 1.165) is 47.4 Å². The minimum Gasteiger partial charge on any atom is -0.338 e. The van der Waals surface area contributed by atoms with Crippen LogP contribution in [-0.2, 0) is 17.8 Å². The molecule has 4 heterocycles. The number of nitrogens with one attached hydrogen (secondary N) is 3. The van der Waals surface area contributed by atoms with Gasteiger partial charge in [-0.3, -0.25) is 9.89 Å². The Bertz CT molecular complexity index is 1410. The average molecular weight is 559 g/mol. The van der Waals surface area contributed by atoms with Gasteiger partial charge in [0.15, 0.2) is 0 Å². The Labute approximate surface area is 239 Å². The first-order valence-corrected chi connectivity index (χ1v) is 14.6. The minimum absolute atomic E-state index is 0.0417. The zero-order chi connectivity index (χ0) is 28.3. The molecular weight excluding hydrogens is 520 g/mol. The van der Waals surface area contributed by atoms with Gasteiger partial charge in [-0.2, -0.15) is 5.10 Å². The summed E-state index contributed by atoms with van der Waals surface area (Å²) in [7, 11) is 0. The summed E-state index contributed by atoms with van der Waals surface area (Å²) in [6, 6.07) is 12.9. The number of aromatic amines is 1. The van der Waals surface area contributed by atoms with E-state index in [0.29, 0.717) is 52.0 Å². The van der Waals surface area contributed by atoms with E-state index in [1.165, 1.54) is 0 Å². The van der Waals surface area contributed by atoms with Crippen molar-refractivity contribution in [1.29, 1.82) is 0 Å². The van der Waals surface area contributed by atoms with E-state index in [2.05, 4.69) is 32.7 Å². The number of hydrogen-bond acceptors (Lipinski definition) is 5. The van der Waals surface area contributed by atoms with E-state index >= 15 is 0 Å². The summed E-state index contributed by atoms with van der Waals surface area (Å²) in [6.45, 7) is 7.72. The lowest BCUT2D eigenvalue weighted by Crippen LogP contribution is -2.58. The highest BCUT2D eigenvalue weighted by molar-refractivity contribution is 5.92. The molecule has 5 amide bonds. The fourth-order valence-electron chi connectivity index (χ4n) is 6.20. The minimum atomic E-state index is -0.665. The summed E-state index contributed by atoms with van der Waals surface area (Å²) in [5.74, 6) is -0.0417. The van der Waals surface area contributed by atoms with Crippen LogP contribution in [0.2, 0.25) is 0 Å². The maximum atomic E-state index is 13.7. The number of urea groups is 2. The molecule has 1 atom stereocenters. The lowest BCUT2D eigenvalue weighted by Gasteiger charge is -2.41. The smallest absolute Gasteiger partial charge is 0.322 e. The van der Waals surface area contributed by atoms with E-state index < -0.39 is 6.04 Å². The number of carbonyl (C=O) groups excluding carboxylic acids is 3. The fraction of sp³-hybridized carbons (Fsp3) is 0.467. The maximum absolute atomic E-state index is 13.7. The molecule has 11 heteroatoms. The van der Waals surface area contributed by atoms with E-state index in [-0.39, 0.29) is 24.0 Å². The molecule has 2 aromatic carbocycles. The lowest BCUT2D eigenvalue weighted by atomic mass is 10.0. The number of piperidine rings is 1. The number of fused-ring (bicyclic) bond motifs is 2. The number of rotatable bonds is 6. The number of hydrogen-bond donors (Lipinski definition) is 3. The van der Waals surface area contributed by atoms with Crippen LogP contribution in [-0.4, -0.2) is 106 Å². The second kappa shape index (κ2) is 11.8. The topological polar surface area (TPSA) is 117 Å². The number of benzene rings is 2. The standard InChI is InChI=1S/C30H38N8O3/c1-2-35-13-15-36(16-14-35)28(39)27(18-21-7-8-26-23(17-21)19-31-34-26)33-29(40)37-11-9-24(10-12-37)38-20-22-5-3-4-6-25(22)32-30(38)41/h3-8,17,19,24,27H,2,9-16,18,20H2,1H3,(H,31,34)(H,32,41)(H,33,40). The van der Waals surface area contributed by atoms with Crippen molar-refractivity contribution >= 4 is 34.6 Å². The van der Waals surface area contributed by atoms with E-state index in [1.807, 2.05) is 52.3 Å². The summed E-state index contributed by atoms with van der Waals surface area (Å²) >= 11 is 0. The largest absolute Gasteiger partial charge is 0.338 e. The van der Waals surface area contributed by atoms with Crippen LogP contribution in [0.1, 0.15) is 30.9 Å². The molecule has 11 nitrogen and oxygen atoms in total. The van der Waals surface area contributed by atoms with Crippen molar-refractivity contribution in [3.8, 4) is 0 Å². The third kappa shape index (κ3) is 5.85. The molecule has 3 N–H and O–H groups in total. The number of amides is 5. The van der Waals surface area contributed by atoms with Gasteiger partial charge in [-0.15, -0.1) is 0 Å². The summed E-state index contributed by atoms with van der Waals surface area (Å²) in [5, 5.41) is 14.1. The Morgan fingerprint density at radius 2 is 1.80 bits per heavy atom. The third-order valence-corrected chi connectivity index (χ3v) is 8.72. The molecule has 2 fully saturated rings. The van der Waals surface area contributed by atoms with Gasteiger partial charge in [-0.05, 0) is 48.7 Å². The molecule has 3 aliphatic heterocycles. The number of aromatic nitrogens is 2. The number of nitrogens with zero attached hydrogens (tertiary/aromatic N) is 5. The third-order valence-electron chi connectivity index (χ3n) is 8.72. The summed E-state index contributed by atoms with van der Waals surface area (Å²) in [6.07, 6.45) is 3.56. The van der Waals surface area contributed by atoms with Crippen molar-refractivity contribution in [2.45, 2.75) is 44.8 Å². The first-order chi connectivity index (χ1) is 20.0. The predicted molar refractivity (Wildman–Crippen MR) is 156 cm³/mol. The summed E-state index contributed by atoms with van der Waals surface area (Å²) < 4.78 is 0. The van der Waals surface area contributed by atoms with Gasteiger partial charge >= 0.3 is 12.1 Å². The maximum Gasteiger partial charge on any atom is 0.322 e. The van der Waals surface area contributed by atoms with Crippen molar-refractivity contribution in [2.24, 2.45) is 0 Å². The number of para-hydroxylation sites is 1. The highest BCUT2D eigenvalue weighted by Crippen LogP contribution is 2.27. The zero-order valence-electron chi connectivity index (χ0n) is 23.5. The molecule has 1 unspecified atom stereocenters. The molecule has 0 bridgehead atoms. The Morgan fingerprint density at radius 3 is 2.59 bits per heavy atom. The monoisotopic (exact) mass is 558 g/mol. The van der Waals surface area contributed by atoms with Gasteiger partial charge in [0.1, 0.15) is 6.04 Å². The van der Waals surface area contributed by atoms with Gasteiger partial charge in [-0.1, -0.05) is 31.2 Å². The molecule has 0 radical (unpaired) electrons. The second-order valence-electron chi connectivity index (χ2n) is 11.2. The van der Waals surface area contributed by atoms with Gasteiger partial charge in [0, 0.05) is 69.3 Å². The predicted octanol–water partition coefficient (Wildman–Crippen LogP) is 2.86. The molecule has 0 aliphatic carbocycles. The fourth-order valence-corrected chi connectivity index (χ4v) is 6.20. The van der Waals surface area contributed by atoms with Crippen LogP contribution in [0.3, 0.4) is 0 Å². The number of piperazine rings is 1. The van der Waals surface area contributed by atoms with Gasteiger partial charge in [-0.25, -0.2) is 9.59 Å². The van der Waals surface area contributed by atoms with Gasteiger partial charge in [0.2, 0.25) is 5.91 Å². The SMILES string of the molecule is CCN1CCN(C(=O)C(Cc2ccc3[nH]ncc3c2)NC(=O)N2CCC(N3Cc4ccccc4NC3=O)CC2)CC1. The Hall–Kier alpha value is -4.12. The Kier molecular flexibility index (Phi) is 7.78. The molecule has 3 aromatic rings.